The Morgan fingerprint density at radius 1 is 1.42 bits per heavy atom. The maximum absolute atomic E-state index is 11.1. The van der Waals surface area contributed by atoms with Crippen LogP contribution in [-0.4, -0.2) is 31.3 Å². The molecule has 1 heterocycles. The maximum Gasteiger partial charge on any atom is 0.407 e. The van der Waals surface area contributed by atoms with Gasteiger partial charge in [0, 0.05) is 19.1 Å². The molecule has 0 aromatic rings. The van der Waals surface area contributed by atoms with E-state index in [0.29, 0.717) is 6.04 Å². The largest absolute Gasteiger partial charge is 0.444 e. The number of hydrogen-bond acceptors (Lipinski definition) is 3. The second-order valence-corrected chi connectivity index (χ2v) is 3.46. The lowest BCUT2D eigenvalue weighted by Gasteiger charge is -2.30. The highest BCUT2D eigenvalue weighted by Crippen LogP contribution is 2.18. The third kappa shape index (κ3) is 1.69. The fourth-order valence-corrected chi connectivity index (χ4v) is 1.25. The van der Waals surface area contributed by atoms with Crippen molar-refractivity contribution in [3.63, 3.8) is 0 Å². The minimum atomic E-state index is -0.244. The molecule has 0 radical (unpaired) electrons. The van der Waals surface area contributed by atoms with Crippen LogP contribution in [-0.2, 0) is 4.74 Å². The van der Waals surface area contributed by atoms with Gasteiger partial charge in [-0.3, -0.25) is 0 Å². The first-order valence-electron chi connectivity index (χ1n) is 4.52. The van der Waals surface area contributed by atoms with Crippen LogP contribution in [0.2, 0.25) is 0 Å². The van der Waals surface area contributed by atoms with Crippen LogP contribution in [0.3, 0.4) is 0 Å². The average molecular weight is 170 g/mol. The summed E-state index contributed by atoms with van der Waals surface area (Å²) in [4.78, 5) is 11.1. The number of amides is 1. The lowest BCUT2D eigenvalue weighted by Crippen LogP contribution is -2.52. The van der Waals surface area contributed by atoms with Gasteiger partial charge in [0.2, 0.25) is 0 Å². The van der Waals surface area contributed by atoms with Crippen molar-refractivity contribution < 1.29 is 9.53 Å². The van der Waals surface area contributed by atoms with Gasteiger partial charge in [-0.2, -0.15) is 0 Å². The zero-order valence-electron chi connectivity index (χ0n) is 7.01. The summed E-state index contributed by atoms with van der Waals surface area (Å²) in [6, 6.07) is 0.380. The van der Waals surface area contributed by atoms with E-state index in [2.05, 4.69) is 10.6 Å². The Bertz CT molecular complexity index is 158. The van der Waals surface area contributed by atoms with Crippen molar-refractivity contribution in [1.29, 1.82) is 0 Å². The summed E-state index contributed by atoms with van der Waals surface area (Å²) < 4.78 is 5.08. The van der Waals surface area contributed by atoms with Crippen molar-refractivity contribution in [1.82, 2.24) is 10.6 Å². The Balaban J connectivity index is 1.62. The Kier molecular flexibility index (Phi) is 2.17. The van der Waals surface area contributed by atoms with E-state index in [9.17, 15) is 4.79 Å². The third-order valence-electron chi connectivity index (χ3n) is 2.44. The van der Waals surface area contributed by atoms with Crippen molar-refractivity contribution in [2.75, 3.05) is 13.1 Å². The number of carbonyl (C=O) groups is 1. The topological polar surface area (TPSA) is 50.4 Å². The molecule has 1 amide bonds. The molecule has 1 aliphatic heterocycles. The van der Waals surface area contributed by atoms with Gasteiger partial charge in [0.05, 0.1) is 0 Å². The average Bonchev–Trinajstić information content (AvgIpc) is 1.89. The Morgan fingerprint density at radius 3 is 2.58 bits per heavy atom. The normalized spacial score (nSPS) is 24.0. The van der Waals surface area contributed by atoms with Crippen LogP contribution in [0.5, 0.6) is 0 Å². The van der Waals surface area contributed by atoms with Crippen molar-refractivity contribution in [2.24, 2.45) is 0 Å². The van der Waals surface area contributed by atoms with E-state index in [0.717, 1.165) is 25.9 Å². The van der Waals surface area contributed by atoms with E-state index < -0.39 is 0 Å². The first-order valence-corrected chi connectivity index (χ1v) is 4.52. The SMILES string of the molecule is O=C(NC1CCC1)OC1CNC1. The Labute approximate surface area is 71.7 Å². The lowest BCUT2D eigenvalue weighted by molar-refractivity contribution is 0.0622. The summed E-state index contributed by atoms with van der Waals surface area (Å²) in [6.45, 7) is 1.61. The van der Waals surface area contributed by atoms with Crippen molar-refractivity contribution in [3.05, 3.63) is 0 Å². The van der Waals surface area contributed by atoms with E-state index in [1.165, 1.54) is 6.42 Å². The molecule has 4 heteroatoms. The van der Waals surface area contributed by atoms with E-state index in [1.807, 2.05) is 0 Å². The molecule has 2 aliphatic rings. The van der Waals surface area contributed by atoms with Crippen molar-refractivity contribution in [3.8, 4) is 0 Å². The number of alkyl carbamates (subject to hydrolysis) is 1. The second-order valence-electron chi connectivity index (χ2n) is 3.46. The summed E-state index contributed by atoms with van der Waals surface area (Å²) in [6.07, 6.45) is 3.31. The zero-order chi connectivity index (χ0) is 8.39. The van der Waals surface area contributed by atoms with E-state index in [-0.39, 0.29) is 12.2 Å². The van der Waals surface area contributed by atoms with Gasteiger partial charge in [-0.1, -0.05) is 0 Å². The first-order chi connectivity index (χ1) is 5.84. The number of hydrogen-bond donors (Lipinski definition) is 2. The van der Waals surface area contributed by atoms with Gasteiger partial charge in [-0.25, -0.2) is 4.79 Å². The molecule has 2 fully saturated rings. The highest BCUT2D eigenvalue weighted by Gasteiger charge is 2.24. The van der Waals surface area contributed by atoms with Crippen LogP contribution < -0.4 is 10.6 Å². The Morgan fingerprint density at radius 2 is 2.17 bits per heavy atom. The highest BCUT2D eigenvalue weighted by molar-refractivity contribution is 5.68. The Hall–Kier alpha value is -0.770. The van der Waals surface area contributed by atoms with Gasteiger partial charge in [0.15, 0.2) is 0 Å². The molecule has 0 atom stereocenters. The molecule has 1 saturated heterocycles. The molecule has 0 aromatic heterocycles. The van der Waals surface area contributed by atoms with E-state index in [4.69, 9.17) is 4.74 Å². The van der Waals surface area contributed by atoms with Crippen molar-refractivity contribution in [2.45, 2.75) is 31.4 Å². The minimum absolute atomic E-state index is 0.102. The second kappa shape index (κ2) is 3.31. The molecule has 2 rings (SSSR count). The van der Waals surface area contributed by atoms with Crippen LogP contribution in [0.1, 0.15) is 19.3 Å². The van der Waals surface area contributed by atoms with Gasteiger partial charge in [-0.05, 0) is 19.3 Å². The van der Waals surface area contributed by atoms with Gasteiger partial charge in [0.1, 0.15) is 6.10 Å². The smallest absolute Gasteiger partial charge is 0.407 e. The van der Waals surface area contributed by atoms with Gasteiger partial charge >= 0.3 is 6.09 Å². The van der Waals surface area contributed by atoms with Gasteiger partial charge in [-0.15, -0.1) is 0 Å². The standard InChI is InChI=1S/C8H14N2O2/c11-8(10-6-2-1-3-6)12-7-4-9-5-7/h6-7,9H,1-5H2,(H,10,11). The summed E-state index contributed by atoms with van der Waals surface area (Å²) >= 11 is 0. The zero-order valence-corrected chi connectivity index (χ0v) is 7.01. The number of ether oxygens (including phenoxy) is 1. The van der Waals surface area contributed by atoms with E-state index >= 15 is 0 Å². The summed E-state index contributed by atoms with van der Waals surface area (Å²) in [7, 11) is 0. The summed E-state index contributed by atoms with van der Waals surface area (Å²) in [5.41, 5.74) is 0. The summed E-state index contributed by atoms with van der Waals surface area (Å²) in [5.74, 6) is 0. The predicted molar refractivity (Wildman–Crippen MR) is 43.9 cm³/mol. The summed E-state index contributed by atoms with van der Waals surface area (Å²) in [5, 5.41) is 5.87. The number of nitrogens with one attached hydrogen (secondary N) is 2. The van der Waals surface area contributed by atoms with Crippen LogP contribution in [0.4, 0.5) is 4.79 Å². The van der Waals surface area contributed by atoms with Crippen LogP contribution >= 0.6 is 0 Å². The minimum Gasteiger partial charge on any atom is -0.444 e. The van der Waals surface area contributed by atoms with E-state index in [1.54, 1.807) is 0 Å². The molecule has 0 spiro atoms. The molecule has 12 heavy (non-hydrogen) atoms. The number of carbonyl (C=O) groups excluding carboxylic acids is 1. The molecule has 0 aromatic carbocycles. The fourth-order valence-electron chi connectivity index (χ4n) is 1.25. The van der Waals surface area contributed by atoms with Crippen LogP contribution in [0.15, 0.2) is 0 Å². The molecule has 0 bridgehead atoms. The van der Waals surface area contributed by atoms with Crippen LogP contribution in [0.25, 0.3) is 0 Å². The first kappa shape index (κ1) is 7.86. The molecular formula is C8H14N2O2. The van der Waals surface area contributed by atoms with Gasteiger partial charge in [0.25, 0.3) is 0 Å². The third-order valence-corrected chi connectivity index (χ3v) is 2.44. The molecule has 68 valence electrons. The highest BCUT2D eigenvalue weighted by atomic mass is 16.6. The molecule has 2 N–H and O–H groups in total. The van der Waals surface area contributed by atoms with Crippen molar-refractivity contribution >= 4 is 6.09 Å². The van der Waals surface area contributed by atoms with Gasteiger partial charge < -0.3 is 15.4 Å². The fraction of sp³-hybridized carbons (Fsp3) is 0.875. The quantitative estimate of drug-likeness (QED) is 0.624. The molecule has 4 nitrogen and oxygen atoms in total. The monoisotopic (exact) mass is 170 g/mol. The van der Waals surface area contributed by atoms with Crippen LogP contribution in [0, 0.1) is 0 Å². The maximum atomic E-state index is 11.1. The molecule has 1 saturated carbocycles. The molecule has 1 aliphatic carbocycles. The molecular weight excluding hydrogens is 156 g/mol. The number of rotatable bonds is 2. The lowest BCUT2D eigenvalue weighted by atomic mass is 9.93. The molecule has 0 unspecified atom stereocenters. The predicted octanol–water partition coefficient (Wildman–Crippen LogP) is 0.237.